The number of esters is 2. The smallest absolute Gasteiger partial charge is 0.309 e. The molecule has 1 saturated heterocycles. The molecule has 2 heterocycles. The Morgan fingerprint density at radius 3 is 2.51 bits per heavy atom. The number of carbonyl (C=O) groups is 2. The van der Waals surface area contributed by atoms with Gasteiger partial charge in [-0.25, -0.2) is 0 Å². The van der Waals surface area contributed by atoms with Crippen molar-refractivity contribution in [2.24, 2.45) is 11.8 Å². The van der Waals surface area contributed by atoms with Crippen molar-refractivity contribution in [3.05, 3.63) is 84.0 Å². The second-order valence-electron chi connectivity index (χ2n) is 15.9. The number of rotatable bonds is 15. The van der Waals surface area contributed by atoms with Gasteiger partial charge in [0.05, 0.1) is 43.0 Å². The first-order chi connectivity index (χ1) is 26.0. The van der Waals surface area contributed by atoms with Gasteiger partial charge in [0.15, 0.2) is 0 Å². The van der Waals surface area contributed by atoms with Crippen LogP contribution in [-0.2, 0) is 35.1 Å². The van der Waals surface area contributed by atoms with Gasteiger partial charge in [0.2, 0.25) is 0 Å². The van der Waals surface area contributed by atoms with Crippen LogP contribution in [0.2, 0.25) is 0 Å². The van der Waals surface area contributed by atoms with Gasteiger partial charge in [0.25, 0.3) is 0 Å². The van der Waals surface area contributed by atoms with Crippen LogP contribution in [0.5, 0.6) is 0 Å². The van der Waals surface area contributed by atoms with Crippen molar-refractivity contribution in [2.45, 2.75) is 135 Å². The molecule has 3 unspecified atom stereocenters. The summed E-state index contributed by atoms with van der Waals surface area (Å²) >= 11 is 0. The summed E-state index contributed by atoms with van der Waals surface area (Å²) in [5.74, 6) is -1.49. The summed E-state index contributed by atoms with van der Waals surface area (Å²) in [5.41, 5.74) is -1.22. The van der Waals surface area contributed by atoms with E-state index in [1.807, 2.05) is 26.0 Å². The summed E-state index contributed by atoms with van der Waals surface area (Å²) in [6.45, 7) is 13.0. The van der Waals surface area contributed by atoms with Crippen LogP contribution in [0, 0.1) is 11.8 Å². The molecule has 4 N–H and O–H groups in total. The van der Waals surface area contributed by atoms with Gasteiger partial charge < -0.3 is 39.4 Å². The van der Waals surface area contributed by atoms with Gasteiger partial charge in [-0.3, -0.25) is 14.5 Å². The number of benzene rings is 2. The zero-order chi connectivity index (χ0) is 40.5. The Morgan fingerprint density at radius 2 is 1.85 bits per heavy atom. The van der Waals surface area contributed by atoms with Gasteiger partial charge in [-0.15, -0.1) is 0 Å². The van der Waals surface area contributed by atoms with E-state index in [-0.39, 0.29) is 50.1 Å². The van der Waals surface area contributed by atoms with Crippen molar-refractivity contribution in [1.82, 2.24) is 4.90 Å². The Kier molecular flexibility index (Phi) is 15.8. The minimum Gasteiger partial charge on any atom is -0.457 e. The van der Waals surface area contributed by atoms with E-state index in [0.29, 0.717) is 18.7 Å². The van der Waals surface area contributed by atoms with Gasteiger partial charge in [-0.1, -0.05) is 81.5 Å². The van der Waals surface area contributed by atoms with Crippen molar-refractivity contribution in [3.63, 3.8) is 0 Å². The van der Waals surface area contributed by atoms with E-state index in [4.69, 9.17) is 18.9 Å². The highest BCUT2D eigenvalue weighted by atomic mass is 16.6. The van der Waals surface area contributed by atoms with Gasteiger partial charge >= 0.3 is 11.9 Å². The van der Waals surface area contributed by atoms with E-state index >= 15 is 0 Å². The van der Waals surface area contributed by atoms with Crippen molar-refractivity contribution in [3.8, 4) is 0 Å². The third kappa shape index (κ3) is 12.0. The number of allylic oxidation sites excluding steroid dienone is 2. The molecule has 0 aromatic heterocycles. The SMILES string of the molecule is CC[C@H](OC)[C@@H](C)[C@H]1O[C@@H]1C(N(CCO)Cc1ccc2ccccc2c1)C(C)(O)/C=C/C=C(\C)[C@H]1OC(=O)C[C@H](O)CCC(C)(O)[C@@H](OC(C)=O)/C=C/[C@@H]1C. The number of fused-ring (bicyclic) bond motifs is 1. The maximum atomic E-state index is 13.0. The van der Waals surface area contributed by atoms with Crippen molar-refractivity contribution in [1.29, 1.82) is 0 Å². The lowest BCUT2D eigenvalue weighted by atomic mass is 9.85. The summed E-state index contributed by atoms with van der Waals surface area (Å²) in [7, 11) is 1.70. The zero-order valence-electron chi connectivity index (χ0n) is 33.8. The Bertz CT molecular complexity index is 1660. The Labute approximate surface area is 326 Å². The van der Waals surface area contributed by atoms with Crippen LogP contribution in [-0.4, -0.2) is 111 Å². The molecule has 1 fully saturated rings. The summed E-state index contributed by atoms with van der Waals surface area (Å²) < 4.78 is 23.5. The van der Waals surface area contributed by atoms with Gasteiger partial charge in [-0.2, -0.15) is 0 Å². The second-order valence-corrected chi connectivity index (χ2v) is 15.9. The number of carbonyl (C=O) groups excluding carboxylic acids is 2. The van der Waals surface area contributed by atoms with Crippen molar-refractivity contribution < 1.29 is 49.0 Å². The average Bonchev–Trinajstić information content (AvgIpc) is 3.91. The highest BCUT2D eigenvalue weighted by Crippen LogP contribution is 2.41. The number of nitrogens with zero attached hydrogens (tertiary/aromatic N) is 1. The molecule has 2 aromatic rings. The molecule has 11 atom stereocenters. The van der Waals surface area contributed by atoms with E-state index in [9.17, 15) is 30.0 Å². The van der Waals surface area contributed by atoms with E-state index < -0.39 is 53.4 Å². The summed E-state index contributed by atoms with van der Waals surface area (Å²) in [6, 6.07) is 13.9. The van der Waals surface area contributed by atoms with Crippen LogP contribution in [0.25, 0.3) is 10.8 Å². The van der Waals surface area contributed by atoms with Gasteiger partial charge in [-0.05, 0) is 74.1 Å². The molecule has 0 bridgehead atoms. The molecule has 11 nitrogen and oxygen atoms in total. The lowest BCUT2D eigenvalue weighted by molar-refractivity contribution is -0.157. The molecule has 0 radical (unpaired) electrons. The predicted molar refractivity (Wildman–Crippen MR) is 212 cm³/mol. The van der Waals surface area contributed by atoms with Crippen molar-refractivity contribution >= 4 is 22.7 Å². The molecule has 4 rings (SSSR count). The molecule has 0 aliphatic carbocycles. The largest absolute Gasteiger partial charge is 0.457 e. The molecule has 11 heteroatoms. The number of aliphatic hydroxyl groups excluding tert-OH is 2. The molecule has 304 valence electrons. The number of methoxy groups -OCH3 is 1. The molecule has 0 amide bonds. The van der Waals surface area contributed by atoms with Crippen LogP contribution < -0.4 is 0 Å². The third-order valence-corrected chi connectivity index (χ3v) is 11.1. The van der Waals surface area contributed by atoms with Crippen molar-refractivity contribution in [2.75, 3.05) is 20.3 Å². The Hall–Kier alpha value is -3.42. The maximum Gasteiger partial charge on any atom is 0.309 e. The molecule has 2 aromatic carbocycles. The molecular weight excluding hydrogens is 702 g/mol. The quantitative estimate of drug-likeness (QED) is 0.0795. The second kappa shape index (κ2) is 19.6. The van der Waals surface area contributed by atoms with Crippen LogP contribution in [0.15, 0.2) is 78.4 Å². The topological polar surface area (TPSA) is 159 Å². The first kappa shape index (κ1) is 44.3. The standard InChI is InChI=1S/C44H63NO10/c1-9-36(52-8)30(4)40-41(55-40)42(45(23-24-46)27-32-17-18-33-14-10-11-15-34(33)25-32)44(7,51)21-12-13-28(2)39-29(3)16-19-37(53-31(5)47)43(6,50)22-20-35(48)26-38(49)54-39/h10-19,21,25,29-30,35-37,39-42,46,48,50-51H,9,20,22-24,26-27H2,1-8H3/b19-16+,21-12+,28-13+/t29-,30+,35+,36-,37-,39+,40+,41-,42?,43?,44?/m0/s1. The first-order valence-corrected chi connectivity index (χ1v) is 19.6. The minimum absolute atomic E-state index is 0.0188. The highest BCUT2D eigenvalue weighted by molar-refractivity contribution is 5.83. The van der Waals surface area contributed by atoms with E-state index in [1.165, 1.54) is 13.8 Å². The number of hydrogen-bond acceptors (Lipinski definition) is 11. The lowest BCUT2D eigenvalue weighted by Crippen LogP contribution is -2.54. The average molecular weight is 766 g/mol. The van der Waals surface area contributed by atoms with E-state index in [2.05, 4.69) is 49.1 Å². The van der Waals surface area contributed by atoms with Crippen LogP contribution in [0.4, 0.5) is 0 Å². The zero-order valence-corrected chi connectivity index (χ0v) is 33.8. The monoisotopic (exact) mass is 765 g/mol. The molecule has 0 saturated carbocycles. The molecule has 55 heavy (non-hydrogen) atoms. The summed E-state index contributed by atoms with van der Waals surface area (Å²) in [4.78, 5) is 27.0. The Morgan fingerprint density at radius 1 is 1.15 bits per heavy atom. The summed E-state index contributed by atoms with van der Waals surface area (Å²) in [6.07, 6.45) is 6.00. The number of aliphatic hydroxyl groups is 4. The predicted octanol–water partition coefficient (Wildman–Crippen LogP) is 5.42. The molecule has 2 aliphatic heterocycles. The summed E-state index contributed by atoms with van der Waals surface area (Å²) in [5, 5.41) is 46.6. The third-order valence-electron chi connectivity index (χ3n) is 11.1. The highest BCUT2D eigenvalue weighted by Gasteiger charge is 2.56. The fourth-order valence-electron chi connectivity index (χ4n) is 7.92. The number of cyclic esters (lactones) is 1. The van der Waals surface area contributed by atoms with Crippen LogP contribution in [0.1, 0.15) is 79.7 Å². The van der Waals surface area contributed by atoms with Crippen LogP contribution >= 0.6 is 0 Å². The number of ether oxygens (including phenoxy) is 4. The normalized spacial score (nSPS) is 30.1. The van der Waals surface area contributed by atoms with Gasteiger partial charge in [0, 0.05) is 39.0 Å². The van der Waals surface area contributed by atoms with Crippen LogP contribution in [0.3, 0.4) is 0 Å². The fourth-order valence-corrected chi connectivity index (χ4v) is 7.92. The Balaban J connectivity index is 1.66. The van der Waals surface area contributed by atoms with Gasteiger partial charge in [0.1, 0.15) is 23.9 Å². The van der Waals surface area contributed by atoms with E-state index in [0.717, 1.165) is 22.8 Å². The lowest BCUT2D eigenvalue weighted by Gasteiger charge is -2.39. The number of epoxide rings is 1. The van der Waals surface area contributed by atoms with E-state index in [1.54, 1.807) is 44.4 Å². The molecule has 2 aliphatic rings. The maximum absolute atomic E-state index is 13.0. The minimum atomic E-state index is -1.47. The molecule has 0 spiro atoms. The fraction of sp³-hybridized carbons (Fsp3) is 0.591. The number of hydrogen-bond donors (Lipinski definition) is 4. The first-order valence-electron chi connectivity index (χ1n) is 19.6. The molecular formula is C44H63NO10.